The predicted octanol–water partition coefficient (Wildman–Crippen LogP) is 3.13. The second-order valence-corrected chi connectivity index (χ2v) is 6.01. The molecule has 1 N–H and O–H groups in total. The highest BCUT2D eigenvalue weighted by Crippen LogP contribution is 2.33. The molecule has 1 aliphatic heterocycles. The molecule has 1 unspecified atom stereocenters. The molecular formula is C14H25ClN2. The highest BCUT2D eigenvalue weighted by molar-refractivity contribution is 6.25. The van der Waals surface area contributed by atoms with Gasteiger partial charge in [-0.3, -0.25) is 4.90 Å². The van der Waals surface area contributed by atoms with E-state index in [0.29, 0.717) is 11.6 Å². The molecule has 0 amide bonds. The van der Waals surface area contributed by atoms with Crippen LogP contribution in [0.2, 0.25) is 0 Å². The van der Waals surface area contributed by atoms with Crippen LogP contribution in [0.1, 0.15) is 46.0 Å². The van der Waals surface area contributed by atoms with Crippen molar-refractivity contribution in [2.45, 2.75) is 57.5 Å². The van der Waals surface area contributed by atoms with Gasteiger partial charge in [0.05, 0.1) is 0 Å². The van der Waals surface area contributed by atoms with Gasteiger partial charge in [0.1, 0.15) is 0 Å². The Labute approximate surface area is 110 Å². The first-order valence-electron chi connectivity index (χ1n) is 6.94. The second-order valence-electron chi connectivity index (χ2n) is 5.79. The Balaban J connectivity index is 2.03. The first kappa shape index (κ1) is 13.4. The first-order valence-corrected chi connectivity index (χ1v) is 7.38. The van der Waals surface area contributed by atoms with Gasteiger partial charge in [0.2, 0.25) is 0 Å². The Morgan fingerprint density at radius 3 is 2.76 bits per heavy atom. The highest BCUT2D eigenvalue weighted by Gasteiger charge is 2.40. The summed E-state index contributed by atoms with van der Waals surface area (Å²) in [6.45, 7) is 7.79. The lowest BCUT2D eigenvalue weighted by atomic mass is 9.91. The van der Waals surface area contributed by atoms with Gasteiger partial charge < -0.3 is 5.32 Å². The standard InChI is InChI=1S/C14H25ClN2/c1-3-13-9-16-14(6-4-5-7-14)11-17(13)10-12(2)8-15/h8,13,16H,3-7,9-11H2,1-2H3. The molecule has 2 rings (SSSR count). The third-order valence-electron chi connectivity index (χ3n) is 4.41. The maximum Gasteiger partial charge on any atom is 0.0309 e. The van der Waals surface area contributed by atoms with E-state index in [1.54, 1.807) is 5.54 Å². The molecular weight excluding hydrogens is 232 g/mol. The van der Waals surface area contributed by atoms with Crippen LogP contribution in [0.25, 0.3) is 0 Å². The minimum atomic E-state index is 0.415. The van der Waals surface area contributed by atoms with Crippen molar-refractivity contribution in [2.75, 3.05) is 19.6 Å². The summed E-state index contributed by atoms with van der Waals surface area (Å²) < 4.78 is 0. The van der Waals surface area contributed by atoms with Crippen molar-refractivity contribution >= 4 is 11.6 Å². The second kappa shape index (κ2) is 5.73. The Hall–Kier alpha value is -0.0500. The lowest BCUT2D eigenvalue weighted by Crippen LogP contribution is -2.63. The predicted molar refractivity (Wildman–Crippen MR) is 74.5 cm³/mol. The molecule has 1 aliphatic carbocycles. The van der Waals surface area contributed by atoms with Crippen LogP contribution in [-0.4, -0.2) is 36.1 Å². The van der Waals surface area contributed by atoms with E-state index in [4.69, 9.17) is 11.6 Å². The molecule has 3 heteroatoms. The molecule has 0 radical (unpaired) electrons. The van der Waals surface area contributed by atoms with Crippen LogP contribution < -0.4 is 5.32 Å². The van der Waals surface area contributed by atoms with Crippen molar-refractivity contribution in [1.29, 1.82) is 0 Å². The fourth-order valence-electron chi connectivity index (χ4n) is 3.37. The number of nitrogens with zero attached hydrogens (tertiary/aromatic N) is 1. The number of halogens is 1. The van der Waals surface area contributed by atoms with Gasteiger partial charge in [0.15, 0.2) is 0 Å². The van der Waals surface area contributed by atoms with Gasteiger partial charge in [-0.1, -0.05) is 31.4 Å². The minimum Gasteiger partial charge on any atom is -0.308 e. The largest absolute Gasteiger partial charge is 0.308 e. The smallest absolute Gasteiger partial charge is 0.0309 e. The van der Waals surface area contributed by atoms with Crippen LogP contribution >= 0.6 is 11.6 Å². The molecule has 1 heterocycles. The van der Waals surface area contributed by atoms with Gasteiger partial charge in [-0.25, -0.2) is 0 Å². The monoisotopic (exact) mass is 256 g/mol. The third kappa shape index (κ3) is 3.04. The number of hydrogen-bond acceptors (Lipinski definition) is 2. The molecule has 0 bridgehead atoms. The molecule has 2 fully saturated rings. The summed E-state index contributed by atoms with van der Waals surface area (Å²) in [5.41, 5.74) is 3.43. The maximum atomic E-state index is 5.81. The van der Waals surface area contributed by atoms with Crippen LogP contribution in [0, 0.1) is 0 Å². The highest BCUT2D eigenvalue weighted by atomic mass is 35.5. The van der Waals surface area contributed by atoms with E-state index in [9.17, 15) is 0 Å². The minimum absolute atomic E-state index is 0.415. The Morgan fingerprint density at radius 2 is 2.18 bits per heavy atom. The third-order valence-corrected chi connectivity index (χ3v) is 4.78. The molecule has 98 valence electrons. The molecule has 0 aromatic heterocycles. The lowest BCUT2D eigenvalue weighted by molar-refractivity contribution is 0.0870. The number of nitrogens with one attached hydrogen (secondary N) is 1. The van der Waals surface area contributed by atoms with Crippen LogP contribution in [0.5, 0.6) is 0 Å². The van der Waals surface area contributed by atoms with Crippen LogP contribution in [0.3, 0.4) is 0 Å². The van der Waals surface area contributed by atoms with E-state index < -0.39 is 0 Å². The van der Waals surface area contributed by atoms with Crippen molar-refractivity contribution in [3.63, 3.8) is 0 Å². The molecule has 2 nitrogen and oxygen atoms in total. The van der Waals surface area contributed by atoms with Gasteiger partial charge in [0, 0.05) is 36.8 Å². The summed E-state index contributed by atoms with van der Waals surface area (Å²) in [6.07, 6.45) is 6.70. The Kier molecular flexibility index (Phi) is 4.51. The number of piperazine rings is 1. The Bertz CT molecular complexity index is 282. The summed E-state index contributed by atoms with van der Waals surface area (Å²) >= 11 is 5.81. The van der Waals surface area contributed by atoms with Crippen molar-refractivity contribution in [1.82, 2.24) is 10.2 Å². The molecule has 2 aliphatic rings. The summed E-state index contributed by atoms with van der Waals surface area (Å²) in [5, 5.41) is 3.82. The zero-order chi connectivity index (χ0) is 12.3. The molecule has 1 spiro atoms. The zero-order valence-electron chi connectivity index (χ0n) is 11.1. The first-order chi connectivity index (χ1) is 8.19. The summed E-state index contributed by atoms with van der Waals surface area (Å²) in [7, 11) is 0. The summed E-state index contributed by atoms with van der Waals surface area (Å²) in [4.78, 5) is 2.63. The van der Waals surface area contributed by atoms with Crippen molar-refractivity contribution in [3.05, 3.63) is 11.1 Å². The average Bonchev–Trinajstić information content (AvgIpc) is 2.78. The summed E-state index contributed by atoms with van der Waals surface area (Å²) in [6, 6.07) is 0.674. The van der Waals surface area contributed by atoms with Crippen molar-refractivity contribution in [3.8, 4) is 0 Å². The van der Waals surface area contributed by atoms with Crippen LogP contribution in [-0.2, 0) is 0 Å². The zero-order valence-corrected chi connectivity index (χ0v) is 11.9. The van der Waals surface area contributed by atoms with E-state index in [2.05, 4.69) is 24.1 Å². The maximum absolute atomic E-state index is 5.81. The van der Waals surface area contributed by atoms with Crippen molar-refractivity contribution in [2.24, 2.45) is 0 Å². The van der Waals surface area contributed by atoms with Gasteiger partial charge in [-0.15, -0.1) is 0 Å². The fraction of sp³-hybridized carbons (Fsp3) is 0.857. The SMILES string of the molecule is CCC1CNC2(CCCC2)CN1CC(C)=CCl. The van der Waals surface area contributed by atoms with Gasteiger partial charge in [-0.05, 0) is 31.8 Å². The molecule has 1 saturated carbocycles. The Morgan fingerprint density at radius 1 is 1.47 bits per heavy atom. The lowest BCUT2D eigenvalue weighted by Gasteiger charge is -2.46. The molecule has 0 aromatic carbocycles. The average molecular weight is 257 g/mol. The van der Waals surface area contributed by atoms with Crippen LogP contribution in [0.4, 0.5) is 0 Å². The number of hydrogen-bond donors (Lipinski definition) is 1. The van der Waals surface area contributed by atoms with Gasteiger partial charge >= 0.3 is 0 Å². The topological polar surface area (TPSA) is 15.3 Å². The normalized spacial score (nSPS) is 30.1. The van der Waals surface area contributed by atoms with Gasteiger partial charge in [0.25, 0.3) is 0 Å². The van der Waals surface area contributed by atoms with E-state index >= 15 is 0 Å². The molecule has 1 saturated heterocycles. The fourth-order valence-corrected chi connectivity index (χ4v) is 3.44. The number of rotatable bonds is 3. The quantitative estimate of drug-likeness (QED) is 0.835. The van der Waals surface area contributed by atoms with E-state index in [0.717, 1.165) is 13.1 Å². The van der Waals surface area contributed by atoms with Crippen molar-refractivity contribution < 1.29 is 0 Å². The van der Waals surface area contributed by atoms with E-state index in [1.165, 1.54) is 44.2 Å². The molecule has 17 heavy (non-hydrogen) atoms. The van der Waals surface area contributed by atoms with E-state index in [1.807, 2.05) is 0 Å². The van der Waals surface area contributed by atoms with E-state index in [-0.39, 0.29) is 0 Å². The van der Waals surface area contributed by atoms with Crippen LogP contribution in [0.15, 0.2) is 11.1 Å². The molecule has 1 atom stereocenters. The molecule has 0 aromatic rings. The summed E-state index contributed by atoms with van der Waals surface area (Å²) in [5.74, 6) is 0. The van der Waals surface area contributed by atoms with Gasteiger partial charge in [-0.2, -0.15) is 0 Å².